The van der Waals surface area contributed by atoms with E-state index in [1.54, 1.807) is 0 Å². The highest BCUT2D eigenvalue weighted by molar-refractivity contribution is 7.96. The molecule has 0 saturated heterocycles. The highest BCUT2D eigenvalue weighted by Gasteiger charge is 1.74. The third kappa shape index (κ3) is 418. The molecule has 0 unspecified atom stereocenters. The lowest BCUT2D eigenvalue weighted by atomic mass is 11.0. The second kappa shape index (κ2) is 14.1. The Morgan fingerprint density at radius 1 is 1.23 bits per heavy atom. The fraction of sp³-hybridized carbons (Fsp3) is 0.667. The Labute approximate surface area is 89.9 Å². The van der Waals surface area contributed by atoms with E-state index in [1.807, 2.05) is 26.0 Å². The predicted molar refractivity (Wildman–Crippen MR) is 61.6 cm³/mol. The van der Waals surface area contributed by atoms with Gasteiger partial charge in [-0.15, -0.1) is 0 Å². The van der Waals surface area contributed by atoms with Crippen molar-refractivity contribution in [1.82, 2.24) is 10.2 Å². The first-order valence-corrected chi connectivity index (χ1v) is 4.13. The lowest BCUT2D eigenvalue weighted by Crippen LogP contribution is -2.06. The first kappa shape index (κ1) is 18.4. The summed E-state index contributed by atoms with van der Waals surface area (Å²) >= 11 is 6.45. The van der Waals surface area contributed by atoms with Crippen molar-refractivity contribution < 1.29 is 9.59 Å². The molecule has 0 aliphatic carbocycles. The zero-order chi connectivity index (χ0) is 11.4. The standard InChI is InChI=1S/C3H9N.C2H5NOS.CH3NOS/c1-4(2)3;1-3-2(4)5;2-1(3)4/h1-3H3;1H3,(H2,3,4,5);(H3,2,3,4). The second-order valence-electron chi connectivity index (χ2n) is 2.24. The van der Waals surface area contributed by atoms with E-state index >= 15 is 0 Å². The zero-order valence-electron chi connectivity index (χ0n) is 8.24. The molecule has 0 bridgehead atoms. The Bertz CT molecular complexity index is 135. The van der Waals surface area contributed by atoms with Crippen molar-refractivity contribution in [2.45, 2.75) is 0 Å². The molecule has 0 aromatic carbocycles. The van der Waals surface area contributed by atoms with Crippen LogP contribution < -0.4 is 11.1 Å². The van der Waals surface area contributed by atoms with Gasteiger partial charge < -0.3 is 16.0 Å². The summed E-state index contributed by atoms with van der Waals surface area (Å²) in [4.78, 5) is 20.7. The van der Waals surface area contributed by atoms with Gasteiger partial charge in [-0.2, -0.15) is 0 Å². The molecular formula is C6H17N3O2S2. The maximum Gasteiger partial charge on any atom is 0.275 e. The van der Waals surface area contributed by atoms with Gasteiger partial charge in [0.1, 0.15) is 0 Å². The summed E-state index contributed by atoms with van der Waals surface area (Å²) < 4.78 is 0. The minimum Gasteiger partial charge on any atom is -0.361 e. The van der Waals surface area contributed by atoms with E-state index in [2.05, 4.69) is 36.3 Å². The van der Waals surface area contributed by atoms with Crippen molar-refractivity contribution in [3.8, 4) is 0 Å². The van der Waals surface area contributed by atoms with Gasteiger partial charge in [0, 0.05) is 7.05 Å². The van der Waals surface area contributed by atoms with Crippen LogP contribution in [0.3, 0.4) is 0 Å². The van der Waals surface area contributed by atoms with Gasteiger partial charge in [-0.3, -0.25) is 9.59 Å². The summed E-state index contributed by atoms with van der Waals surface area (Å²) in [6, 6.07) is 0. The largest absolute Gasteiger partial charge is 0.361 e. The molecule has 13 heavy (non-hydrogen) atoms. The first-order valence-electron chi connectivity index (χ1n) is 3.24. The van der Waals surface area contributed by atoms with Gasteiger partial charge in [0.05, 0.1) is 0 Å². The summed E-state index contributed by atoms with van der Waals surface area (Å²) in [5, 5.41) is 1.31. The van der Waals surface area contributed by atoms with Crippen molar-refractivity contribution in [2.24, 2.45) is 5.73 Å². The molecule has 0 radical (unpaired) electrons. The molecule has 0 heterocycles. The van der Waals surface area contributed by atoms with Crippen LogP contribution in [-0.2, 0) is 0 Å². The molecule has 5 nitrogen and oxygen atoms in total. The van der Waals surface area contributed by atoms with Crippen LogP contribution in [0.2, 0.25) is 0 Å². The van der Waals surface area contributed by atoms with Gasteiger partial charge in [-0.25, -0.2) is 0 Å². The smallest absolute Gasteiger partial charge is 0.275 e. The number of primary amides is 1. The zero-order valence-corrected chi connectivity index (χ0v) is 10.0. The van der Waals surface area contributed by atoms with Crippen LogP contribution in [0.25, 0.3) is 0 Å². The average molecular weight is 227 g/mol. The van der Waals surface area contributed by atoms with Crippen molar-refractivity contribution in [3.05, 3.63) is 0 Å². The lowest BCUT2D eigenvalue weighted by molar-refractivity contribution is 0.262. The summed E-state index contributed by atoms with van der Waals surface area (Å²) in [5.74, 6) is 0. The van der Waals surface area contributed by atoms with Crippen LogP contribution in [0.4, 0.5) is 9.59 Å². The van der Waals surface area contributed by atoms with E-state index in [0.29, 0.717) is 0 Å². The molecule has 2 amide bonds. The summed E-state index contributed by atoms with van der Waals surface area (Å²) in [6.07, 6.45) is 0. The summed E-state index contributed by atoms with van der Waals surface area (Å²) in [5.41, 5.74) is 4.34. The molecule has 0 atom stereocenters. The molecule has 80 valence electrons. The van der Waals surface area contributed by atoms with Gasteiger partial charge in [0.25, 0.3) is 10.5 Å². The van der Waals surface area contributed by atoms with Crippen LogP contribution in [0.1, 0.15) is 0 Å². The number of thiol groups is 2. The number of hydrogen-bond donors (Lipinski definition) is 4. The molecule has 0 aromatic rings. The van der Waals surface area contributed by atoms with E-state index in [9.17, 15) is 4.79 Å². The molecule has 3 N–H and O–H groups in total. The van der Waals surface area contributed by atoms with Crippen molar-refractivity contribution >= 4 is 35.7 Å². The highest BCUT2D eigenvalue weighted by atomic mass is 32.1. The van der Waals surface area contributed by atoms with Crippen molar-refractivity contribution in [2.75, 3.05) is 28.2 Å². The molecule has 0 aliphatic heterocycles. The number of amides is 2. The van der Waals surface area contributed by atoms with Gasteiger partial charge in [0.15, 0.2) is 0 Å². The van der Waals surface area contributed by atoms with E-state index in [4.69, 9.17) is 4.79 Å². The number of nitrogens with two attached hydrogens (primary N) is 1. The van der Waals surface area contributed by atoms with Gasteiger partial charge in [0.2, 0.25) is 0 Å². The fourth-order valence-corrected chi connectivity index (χ4v) is 0. The van der Waals surface area contributed by atoms with Crippen molar-refractivity contribution in [1.29, 1.82) is 0 Å². The lowest BCUT2D eigenvalue weighted by Gasteiger charge is -1.90. The molecule has 0 fully saturated rings. The Morgan fingerprint density at radius 3 is 1.31 bits per heavy atom. The molecule has 0 spiro atoms. The van der Waals surface area contributed by atoms with Crippen LogP contribution in [0, 0.1) is 0 Å². The summed E-state index contributed by atoms with van der Waals surface area (Å²) in [7, 11) is 7.52. The minimum atomic E-state index is -0.639. The van der Waals surface area contributed by atoms with Gasteiger partial charge >= 0.3 is 0 Å². The predicted octanol–water partition coefficient (Wildman–Crippen LogP) is 0.428. The molecule has 0 aromatic heterocycles. The number of nitrogens with one attached hydrogen (secondary N) is 1. The van der Waals surface area contributed by atoms with Crippen LogP contribution >= 0.6 is 25.3 Å². The first-order chi connectivity index (χ1) is 5.73. The quantitative estimate of drug-likeness (QED) is 0.453. The second-order valence-corrected chi connectivity index (χ2v) is 3.08. The Kier molecular flexibility index (Phi) is 20.0. The van der Waals surface area contributed by atoms with Gasteiger partial charge in [-0.05, 0) is 21.1 Å². The van der Waals surface area contributed by atoms with Crippen LogP contribution in [0.15, 0.2) is 0 Å². The molecule has 0 aliphatic rings. The minimum absolute atomic E-state index is 0.301. The number of carbonyl (C=O) groups is 2. The third-order valence-electron chi connectivity index (χ3n) is 0.214. The topological polar surface area (TPSA) is 75.4 Å². The molecule has 0 saturated carbocycles. The maximum absolute atomic E-state index is 9.57. The monoisotopic (exact) mass is 227 g/mol. The average Bonchev–Trinajstić information content (AvgIpc) is 1.84. The van der Waals surface area contributed by atoms with E-state index in [0.717, 1.165) is 0 Å². The molecule has 0 rings (SSSR count). The Balaban J connectivity index is -0.000000117. The maximum atomic E-state index is 9.57. The SMILES string of the molecule is CN(C)C.CNC(=O)S.NC(=O)S. The number of nitrogens with zero attached hydrogens (tertiary/aromatic N) is 1. The van der Waals surface area contributed by atoms with Gasteiger partial charge in [-0.1, -0.05) is 25.3 Å². The van der Waals surface area contributed by atoms with Crippen molar-refractivity contribution in [3.63, 3.8) is 0 Å². The van der Waals surface area contributed by atoms with E-state index in [1.165, 1.54) is 7.05 Å². The number of rotatable bonds is 0. The number of hydrogen-bond acceptors (Lipinski definition) is 3. The van der Waals surface area contributed by atoms with Crippen LogP contribution in [0.5, 0.6) is 0 Å². The van der Waals surface area contributed by atoms with E-state index in [-0.39, 0.29) is 5.24 Å². The fourth-order valence-electron chi connectivity index (χ4n) is 0. The van der Waals surface area contributed by atoms with E-state index < -0.39 is 5.24 Å². The number of carbonyl (C=O) groups excluding carboxylic acids is 2. The highest BCUT2D eigenvalue weighted by Crippen LogP contribution is 1.67. The molecular weight excluding hydrogens is 210 g/mol. The normalized spacial score (nSPS) is 7.31. The summed E-state index contributed by atoms with van der Waals surface area (Å²) in [6.45, 7) is 0. The Morgan fingerprint density at radius 2 is 1.31 bits per heavy atom. The Hall–Kier alpha value is -0.400. The third-order valence-corrected chi connectivity index (χ3v) is 0.437. The molecule has 7 heteroatoms. The van der Waals surface area contributed by atoms with Crippen LogP contribution in [-0.4, -0.2) is 43.6 Å².